The first-order valence-corrected chi connectivity index (χ1v) is 13.4. The average Bonchev–Trinajstić information content (AvgIpc) is 2.77. The molecule has 0 bridgehead atoms. The molecule has 178 valence electrons. The molecule has 31 heavy (non-hydrogen) atoms. The zero-order valence-corrected chi connectivity index (χ0v) is 19.8. The zero-order chi connectivity index (χ0) is 22.1. The summed E-state index contributed by atoms with van der Waals surface area (Å²) in [7, 11) is 0. The van der Waals surface area contributed by atoms with Crippen molar-refractivity contribution in [3.63, 3.8) is 0 Å². The summed E-state index contributed by atoms with van der Waals surface area (Å²) in [5, 5.41) is 14.5. The van der Waals surface area contributed by atoms with Crippen molar-refractivity contribution in [2.24, 2.45) is 52.9 Å². The van der Waals surface area contributed by atoms with Gasteiger partial charge in [-0.25, -0.2) is 0 Å². The van der Waals surface area contributed by atoms with Crippen LogP contribution in [0.1, 0.15) is 90.9 Å². The largest absolute Gasteiger partial charge is 0.391 e. The van der Waals surface area contributed by atoms with Gasteiger partial charge in [-0.15, -0.1) is 0 Å². The van der Waals surface area contributed by atoms with Crippen LogP contribution < -0.4 is 16.8 Å². The maximum absolute atomic E-state index is 13.3. The molecule has 5 heteroatoms. The minimum Gasteiger partial charge on any atom is -0.391 e. The maximum Gasteiger partial charge on any atom is 0.226 e. The maximum atomic E-state index is 13.3. The summed E-state index contributed by atoms with van der Waals surface area (Å²) in [4.78, 5) is 13.3. The first-order chi connectivity index (χ1) is 14.9. The minimum atomic E-state index is -0.730. The average molecular weight is 434 g/mol. The Morgan fingerprint density at radius 2 is 1.68 bits per heavy atom. The van der Waals surface area contributed by atoms with E-state index in [-0.39, 0.29) is 23.9 Å². The number of nitrogens with one attached hydrogen (secondary N) is 1. The molecule has 0 heterocycles. The predicted octanol–water partition coefficient (Wildman–Crippen LogP) is 3.58. The minimum absolute atomic E-state index is 0.0517. The standard InChI is InChI=1S/C26H47N3O2/c1-3-16-8-4-7-11-22(16)29-26(31)20-14-17-12-13-18(19-9-5-6-10-21(19)27)15(2)23(17)24(28)25(20)30/h15-25,30H,3-14,27-28H2,1-2H3,(H,29,31). The third-order valence-corrected chi connectivity index (χ3v) is 10.0. The lowest BCUT2D eigenvalue weighted by Gasteiger charge is -2.53. The molecule has 4 aliphatic rings. The van der Waals surface area contributed by atoms with E-state index in [1.54, 1.807) is 0 Å². The predicted molar refractivity (Wildman–Crippen MR) is 125 cm³/mol. The van der Waals surface area contributed by atoms with Crippen molar-refractivity contribution >= 4 is 5.91 Å². The van der Waals surface area contributed by atoms with Crippen LogP contribution in [0.4, 0.5) is 0 Å². The number of rotatable bonds is 4. The molecule has 0 radical (unpaired) electrons. The monoisotopic (exact) mass is 433 g/mol. The third kappa shape index (κ3) is 4.70. The second-order valence-electron chi connectivity index (χ2n) is 11.5. The fraction of sp³-hybridized carbons (Fsp3) is 0.962. The number of hydrogen-bond donors (Lipinski definition) is 4. The van der Waals surface area contributed by atoms with Gasteiger partial charge in [-0.2, -0.15) is 0 Å². The summed E-state index contributed by atoms with van der Waals surface area (Å²) in [6.45, 7) is 4.58. The molecule has 11 unspecified atom stereocenters. The molecule has 11 atom stereocenters. The molecule has 5 nitrogen and oxygen atoms in total. The molecule has 1 amide bonds. The van der Waals surface area contributed by atoms with Crippen molar-refractivity contribution in [2.75, 3.05) is 0 Å². The van der Waals surface area contributed by atoms with Gasteiger partial charge in [-0.1, -0.05) is 46.0 Å². The molecule has 0 aromatic rings. The van der Waals surface area contributed by atoms with Gasteiger partial charge in [0.2, 0.25) is 5.91 Å². The van der Waals surface area contributed by atoms with Crippen LogP contribution in [0.3, 0.4) is 0 Å². The molecule has 0 saturated heterocycles. The van der Waals surface area contributed by atoms with E-state index >= 15 is 0 Å². The molecule has 0 aliphatic heterocycles. The summed E-state index contributed by atoms with van der Waals surface area (Å²) in [6.07, 6.45) is 13.2. The van der Waals surface area contributed by atoms with E-state index in [0.29, 0.717) is 41.5 Å². The van der Waals surface area contributed by atoms with Gasteiger partial charge >= 0.3 is 0 Å². The molecular weight excluding hydrogens is 386 g/mol. The SMILES string of the molecule is CCC1CCCCC1NC(=O)C1CC2CCC(C3CCCCC3N)C(C)C2C(N)C1O. The molecule has 4 saturated carbocycles. The quantitative estimate of drug-likeness (QED) is 0.544. The number of amides is 1. The van der Waals surface area contributed by atoms with Gasteiger partial charge in [0.1, 0.15) is 0 Å². The van der Waals surface area contributed by atoms with Gasteiger partial charge in [0, 0.05) is 18.1 Å². The Balaban J connectivity index is 1.42. The van der Waals surface area contributed by atoms with Gasteiger partial charge < -0.3 is 21.9 Å². The Bertz CT molecular complexity index is 611. The second-order valence-corrected chi connectivity index (χ2v) is 11.5. The smallest absolute Gasteiger partial charge is 0.226 e. The van der Waals surface area contributed by atoms with Gasteiger partial charge in [0.15, 0.2) is 0 Å². The molecule has 0 spiro atoms. The number of aliphatic hydroxyl groups excluding tert-OH is 1. The molecule has 6 N–H and O–H groups in total. The van der Waals surface area contributed by atoms with E-state index in [9.17, 15) is 9.90 Å². The van der Waals surface area contributed by atoms with Gasteiger partial charge in [-0.05, 0) is 80.5 Å². The first-order valence-electron chi connectivity index (χ1n) is 13.4. The number of fused-ring (bicyclic) bond motifs is 1. The third-order valence-electron chi connectivity index (χ3n) is 10.0. The second kappa shape index (κ2) is 10.1. The Labute approximate surface area is 189 Å². The van der Waals surface area contributed by atoms with E-state index in [4.69, 9.17) is 11.5 Å². The van der Waals surface area contributed by atoms with Gasteiger partial charge in [-0.3, -0.25) is 4.79 Å². The van der Waals surface area contributed by atoms with Crippen LogP contribution >= 0.6 is 0 Å². The van der Waals surface area contributed by atoms with Crippen LogP contribution in [-0.4, -0.2) is 35.2 Å². The molecule has 4 aliphatic carbocycles. The van der Waals surface area contributed by atoms with Crippen molar-refractivity contribution in [2.45, 2.75) is 115 Å². The summed E-state index contributed by atoms with van der Waals surface area (Å²) in [5.74, 6) is 2.74. The van der Waals surface area contributed by atoms with Gasteiger partial charge in [0.05, 0.1) is 12.0 Å². The highest BCUT2D eigenvalue weighted by Crippen LogP contribution is 2.51. The van der Waals surface area contributed by atoms with Crippen LogP contribution in [0, 0.1) is 41.4 Å². The lowest BCUT2D eigenvalue weighted by molar-refractivity contribution is -0.138. The van der Waals surface area contributed by atoms with Crippen molar-refractivity contribution in [1.82, 2.24) is 5.32 Å². The molecule has 0 aromatic heterocycles. The highest BCUT2D eigenvalue weighted by molar-refractivity contribution is 5.80. The van der Waals surface area contributed by atoms with Crippen LogP contribution in [0.5, 0.6) is 0 Å². The van der Waals surface area contributed by atoms with E-state index in [0.717, 1.165) is 32.1 Å². The van der Waals surface area contributed by atoms with Crippen molar-refractivity contribution in [1.29, 1.82) is 0 Å². The number of aliphatic hydroxyl groups is 1. The molecule has 0 aromatic carbocycles. The molecule has 4 fully saturated rings. The zero-order valence-electron chi connectivity index (χ0n) is 19.8. The fourth-order valence-corrected chi connectivity index (χ4v) is 8.24. The van der Waals surface area contributed by atoms with Crippen LogP contribution in [0.15, 0.2) is 0 Å². The Morgan fingerprint density at radius 1 is 0.968 bits per heavy atom. The Kier molecular flexibility index (Phi) is 7.65. The van der Waals surface area contributed by atoms with E-state index < -0.39 is 6.10 Å². The summed E-state index contributed by atoms with van der Waals surface area (Å²) in [5.41, 5.74) is 13.2. The summed E-state index contributed by atoms with van der Waals surface area (Å²) < 4.78 is 0. The van der Waals surface area contributed by atoms with Crippen LogP contribution in [-0.2, 0) is 4.79 Å². The highest BCUT2D eigenvalue weighted by Gasteiger charge is 2.51. The Hall–Kier alpha value is -0.650. The number of carbonyl (C=O) groups is 1. The number of nitrogens with two attached hydrogens (primary N) is 2. The highest BCUT2D eigenvalue weighted by atomic mass is 16.3. The normalized spacial score (nSPS) is 48.6. The first kappa shape index (κ1) is 23.5. The van der Waals surface area contributed by atoms with Crippen molar-refractivity contribution in [3.05, 3.63) is 0 Å². The van der Waals surface area contributed by atoms with Gasteiger partial charge in [0.25, 0.3) is 0 Å². The summed E-state index contributed by atoms with van der Waals surface area (Å²) in [6, 6.07) is 0.290. The molecule has 4 rings (SSSR count). The van der Waals surface area contributed by atoms with E-state index in [2.05, 4.69) is 19.2 Å². The number of carbonyl (C=O) groups excluding carboxylic acids is 1. The summed E-state index contributed by atoms with van der Waals surface area (Å²) >= 11 is 0. The Morgan fingerprint density at radius 3 is 2.42 bits per heavy atom. The van der Waals surface area contributed by atoms with Crippen molar-refractivity contribution in [3.8, 4) is 0 Å². The fourth-order valence-electron chi connectivity index (χ4n) is 8.24. The van der Waals surface area contributed by atoms with Crippen LogP contribution in [0.25, 0.3) is 0 Å². The van der Waals surface area contributed by atoms with E-state index in [1.165, 1.54) is 44.9 Å². The lowest BCUT2D eigenvalue weighted by atomic mass is 9.54. The van der Waals surface area contributed by atoms with Crippen LogP contribution in [0.2, 0.25) is 0 Å². The van der Waals surface area contributed by atoms with Crippen molar-refractivity contribution < 1.29 is 9.90 Å². The molecular formula is C26H47N3O2. The van der Waals surface area contributed by atoms with E-state index in [1.807, 2.05) is 0 Å². The number of hydrogen-bond acceptors (Lipinski definition) is 4. The lowest BCUT2D eigenvalue weighted by Crippen LogP contribution is -2.61. The topological polar surface area (TPSA) is 101 Å².